The van der Waals surface area contributed by atoms with Gasteiger partial charge in [0.05, 0.1) is 6.10 Å². The summed E-state index contributed by atoms with van der Waals surface area (Å²) in [4.78, 5) is 2.66. The maximum absolute atomic E-state index is 5.95. The van der Waals surface area contributed by atoms with Crippen LogP contribution in [0.1, 0.15) is 65.7 Å². The van der Waals surface area contributed by atoms with Crippen LogP contribution in [-0.4, -0.2) is 48.8 Å². The zero-order valence-electron chi connectivity index (χ0n) is 14.4. The molecule has 5 atom stereocenters. The highest BCUT2D eigenvalue weighted by atomic mass is 16.5. The van der Waals surface area contributed by atoms with Crippen molar-refractivity contribution in [3.8, 4) is 0 Å². The Hall–Kier alpha value is -0.120. The fraction of sp³-hybridized carbons (Fsp3) is 1.00. The van der Waals surface area contributed by atoms with Crippen molar-refractivity contribution in [2.75, 3.05) is 13.7 Å². The van der Waals surface area contributed by atoms with Crippen molar-refractivity contribution in [3.05, 3.63) is 0 Å². The van der Waals surface area contributed by atoms with Crippen molar-refractivity contribution < 1.29 is 4.74 Å². The van der Waals surface area contributed by atoms with Gasteiger partial charge in [0.1, 0.15) is 0 Å². The van der Waals surface area contributed by atoms with Gasteiger partial charge < -0.3 is 15.0 Å². The highest BCUT2D eigenvalue weighted by Crippen LogP contribution is 2.46. The summed E-state index contributed by atoms with van der Waals surface area (Å²) in [6.07, 6.45) is 9.84. The largest absolute Gasteiger partial charge is 0.378 e. The van der Waals surface area contributed by atoms with E-state index in [0.29, 0.717) is 17.6 Å². The Balaban J connectivity index is 1.58. The average molecular weight is 294 g/mol. The average Bonchev–Trinajstić information content (AvgIpc) is 2.46. The molecule has 2 saturated heterocycles. The van der Waals surface area contributed by atoms with Crippen LogP contribution < -0.4 is 5.32 Å². The maximum Gasteiger partial charge on any atom is 0.0658 e. The lowest BCUT2D eigenvalue weighted by molar-refractivity contribution is -0.130. The van der Waals surface area contributed by atoms with Gasteiger partial charge in [-0.05, 0) is 52.5 Å². The molecule has 1 N–H and O–H groups in total. The minimum Gasteiger partial charge on any atom is -0.378 e. The first kappa shape index (κ1) is 15.8. The van der Waals surface area contributed by atoms with E-state index in [4.69, 9.17) is 4.74 Å². The van der Waals surface area contributed by atoms with Crippen LogP contribution in [0.4, 0.5) is 0 Å². The van der Waals surface area contributed by atoms with Crippen LogP contribution in [0.15, 0.2) is 0 Å². The number of fused-ring (bicyclic) bond motifs is 2. The molecule has 2 heterocycles. The second-order valence-electron chi connectivity index (χ2n) is 7.83. The van der Waals surface area contributed by atoms with Gasteiger partial charge in [-0.15, -0.1) is 0 Å². The Morgan fingerprint density at radius 2 is 1.81 bits per heavy atom. The maximum atomic E-state index is 5.95. The SMILES string of the molecule is CCOC1CC(NC2CC3CCCC(C2)N3C)C1(C)CC. The molecule has 0 aromatic rings. The quantitative estimate of drug-likeness (QED) is 0.843. The lowest BCUT2D eigenvalue weighted by Crippen LogP contribution is -2.66. The van der Waals surface area contributed by atoms with E-state index < -0.39 is 0 Å². The Bertz CT molecular complexity index is 347. The molecule has 3 aliphatic rings. The molecule has 0 amide bonds. The summed E-state index contributed by atoms with van der Waals surface area (Å²) in [5.41, 5.74) is 0.342. The molecule has 3 fully saturated rings. The highest BCUT2D eigenvalue weighted by molar-refractivity contribution is 5.07. The Labute approximate surface area is 130 Å². The number of rotatable bonds is 5. The van der Waals surface area contributed by atoms with Gasteiger partial charge in [0.25, 0.3) is 0 Å². The van der Waals surface area contributed by atoms with Crippen LogP contribution in [0.5, 0.6) is 0 Å². The van der Waals surface area contributed by atoms with E-state index in [2.05, 4.69) is 38.0 Å². The molecule has 122 valence electrons. The summed E-state index contributed by atoms with van der Waals surface area (Å²) in [7, 11) is 2.34. The zero-order chi connectivity index (χ0) is 15.0. The minimum absolute atomic E-state index is 0.342. The van der Waals surface area contributed by atoms with Gasteiger partial charge in [-0.25, -0.2) is 0 Å². The van der Waals surface area contributed by atoms with Crippen molar-refractivity contribution in [2.45, 2.75) is 96.0 Å². The van der Waals surface area contributed by atoms with Gasteiger partial charge in [0.15, 0.2) is 0 Å². The van der Waals surface area contributed by atoms with Crippen LogP contribution in [0.25, 0.3) is 0 Å². The summed E-state index contributed by atoms with van der Waals surface area (Å²) >= 11 is 0. The first-order valence-electron chi connectivity index (χ1n) is 9.18. The van der Waals surface area contributed by atoms with E-state index >= 15 is 0 Å². The molecular formula is C18H34N2O. The molecule has 2 aliphatic heterocycles. The summed E-state index contributed by atoms with van der Waals surface area (Å²) < 4.78 is 5.95. The van der Waals surface area contributed by atoms with Crippen LogP contribution >= 0.6 is 0 Å². The molecule has 0 aromatic heterocycles. The van der Waals surface area contributed by atoms with Crippen molar-refractivity contribution in [2.24, 2.45) is 5.41 Å². The second kappa shape index (κ2) is 6.17. The second-order valence-corrected chi connectivity index (χ2v) is 7.83. The summed E-state index contributed by atoms with van der Waals surface area (Å²) in [6.45, 7) is 7.72. The Morgan fingerprint density at radius 3 is 2.38 bits per heavy atom. The smallest absolute Gasteiger partial charge is 0.0658 e. The number of piperidine rings is 2. The van der Waals surface area contributed by atoms with E-state index in [1.54, 1.807) is 0 Å². The van der Waals surface area contributed by atoms with Gasteiger partial charge in [0.2, 0.25) is 0 Å². The molecule has 1 aliphatic carbocycles. The molecule has 0 aromatic carbocycles. The Kier molecular flexibility index (Phi) is 4.63. The lowest BCUT2D eigenvalue weighted by atomic mass is 9.61. The Morgan fingerprint density at radius 1 is 1.14 bits per heavy atom. The third-order valence-corrected chi connectivity index (χ3v) is 6.89. The first-order valence-corrected chi connectivity index (χ1v) is 9.18. The molecule has 3 rings (SSSR count). The van der Waals surface area contributed by atoms with Crippen LogP contribution in [-0.2, 0) is 4.74 Å². The summed E-state index contributed by atoms with van der Waals surface area (Å²) in [5, 5.41) is 4.03. The zero-order valence-corrected chi connectivity index (χ0v) is 14.4. The standard InChI is InChI=1S/C18H34N2O/c1-5-18(3)16(12-17(18)21-6-2)19-13-10-14-8-7-9-15(11-13)20(14)4/h13-17,19H,5-12H2,1-4H3. The molecule has 3 nitrogen and oxygen atoms in total. The highest BCUT2D eigenvalue weighted by Gasteiger charge is 2.52. The third-order valence-electron chi connectivity index (χ3n) is 6.89. The summed E-state index contributed by atoms with van der Waals surface area (Å²) in [6, 6.07) is 3.04. The van der Waals surface area contributed by atoms with Crippen LogP contribution in [0.2, 0.25) is 0 Å². The lowest BCUT2D eigenvalue weighted by Gasteiger charge is -2.56. The van der Waals surface area contributed by atoms with Crippen molar-refractivity contribution >= 4 is 0 Å². The van der Waals surface area contributed by atoms with Crippen LogP contribution in [0.3, 0.4) is 0 Å². The van der Waals surface area contributed by atoms with E-state index in [-0.39, 0.29) is 0 Å². The van der Waals surface area contributed by atoms with Crippen LogP contribution in [0, 0.1) is 5.41 Å². The van der Waals surface area contributed by atoms with Crippen molar-refractivity contribution in [3.63, 3.8) is 0 Å². The fourth-order valence-corrected chi connectivity index (χ4v) is 5.04. The fourth-order valence-electron chi connectivity index (χ4n) is 5.04. The van der Waals surface area contributed by atoms with Gasteiger partial charge >= 0.3 is 0 Å². The van der Waals surface area contributed by atoms with Crippen molar-refractivity contribution in [1.82, 2.24) is 10.2 Å². The molecule has 0 spiro atoms. The number of nitrogens with one attached hydrogen (secondary N) is 1. The molecule has 21 heavy (non-hydrogen) atoms. The number of hydrogen-bond donors (Lipinski definition) is 1. The van der Waals surface area contributed by atoms with E-state index in [9.17, 15) is 0 Å². The van der Waals surface area contributed by atoms with Crippen molar-refractivity contribution in [1.29, 1.82) is 0 Å². The molecule has 2 bridgehead atoms. The summed E-state index contributed by atoms with van der Waals surface area (Å²) in [5.74, 6) is 0. The molecule has 0 radical (unpaired) electrons. The van der Waals surface area contributed by atoms with Gasteiger partial charge in [-0.2, -0.15) is 0 Å². The predicted octanol–water partition coefficient (Wildman–Crippen LogP) is 3.19. The van der Waals surface area contributed by atoms with Gasteiger partial charge in [-0.1, -0.05) is 20.3 Å². The molecule has 1 saturated carbocycles. The van der Waals surface area contributed by atoms with E-state index in [0.717, 1.165) is 24.7 Å². The molecule has 3 heteroatoms. The normalized spacial score (nSPS) is 47.1. The molecular weight excluding hydrogens is 260 g/mol. The first-order chi connectivity index (χ1) is 10.1. The monoisotopic (exact) mass is 294 g/mol. The van der Waals surface area contributed by atoms with Gasteiger partial charge in [0, 0.05) is 36.2 Å². The number of nitrogens with zero attached hydrogens (tertiary/aromatic N) is 1. The number of hydrogen-bond acceptors (Lipinski definition) is 3. The minimum atomic E-state index is 0.342. The predicted molar refractivity (Wildman–Crippen MR) is 87.6 cm³/mol. The topological polar surface area (TPSA) is 24.5 Å². The van der Waals surface area contributed by atoms with E-state index in [1.165, 1.54) is 44.9 Å². The van der Waals surface area contributed by atoms with E-state index in [1.807, 2.05) is 0 Å². The molecule has 5 unspecified atom stereocenters. The van der Waals surface area contributed by atoms with Gasteiger partial charge in [-0.3, -0.25) is 0 Å². The third kappa shape index (κ3) is 2.77. The number of ether oxygens (including phenoxy) is 1.